The van der Waals surface area contributed by atoms with E-state index >= 15 is 0 Å². The van der Waals surface area contributed by atoms with Crippen LogP contribution in [-0.2, 0) is 0 Å². The Morgan fingerprint density at radius 1 is 1.31 bits per heavy atom. The summed E-state index contributed by atoms with van der Waals surface area (Å²) >= 11 is 8.31. The van der Waals surface area contributed by atoms with Crippen LogP contribution in [0.15, 0.2) is 24.3 Å². The van der Waals surface area contributed by atoms with Gasteiger partial charge in [-0.25, -0.2) is 0 Å². The number of benzene rings is 1. The van der Waals surface area contributed by atoms with Gasteiger partial charge in [0.2, 0.25) is 0 Å². The molecule has 0 amide bonds. The quantitative estimate of drug-likeness (QED) is 0.894. The fourth-order valence-corrected chi connectivity index (χ4v) is 3.89. The molecule has 0 saturated carbocycles. The van der Waals surface area contributed by atoms with Crippen LogP contribution in [0.3, 0.4) is 0 Å². The number of rotatable bonds is 3. The molecular weight excluding hydrogens is 238 g/mol. The third-order valence-electron chi connectivity index (χ3n) is 3.39. The molecule has 1 aromatic carbocycles. The van der Waals surface area contributed by atoms with Gasteiger partial charge in [0.25, 0.3) is 0 Å². The number of halogens is 1. The van der Waals surface area contributed by atoms with E-state index < -0.39 is 0 Å². The third-order valence-corrected chi connectivity index (χ3v) is 4.79. The Morgan fingerprint density at radius 3 is 2.62 bits per heavy atom. The molecule has 1 aliphatic heterocycles. The highest BCUT2D eigenvalue weighted by Gasteiger charge is 2.25. The molecule has 3 heteroatoms. The zero-order valence-electron chi connectivity index (χ0n) is 9.36. The molecular formula is C13H18ClNS. The Morgan fingerprint density at radius 2 is 2.00 bits per heavy atom. The average molecular weight is 256 g/mol. The van der Waals surface area contributed by atoms with Crippen molar-refractivity contribution in [3.05, 3.63) is 34.9 Å². The van der Waals surface area contributed by atoms with Crippen molar-refractivity contribution in [1.82, 2.24) is 0 Å². The molecule has 0 aromatic heterocycles. The second-order valence-corrected chi connectivity index (χ2v) is 5.95. The second-order valence-electron chi connectivity index (χ2n) is 4.31. The summed E-state index contributed by atoms with van der Waals surface area (Å²) in [5.41, 5.74) is 7.18. The predicted molar refractivity (Wildman–Crippen MR) is 73.3 cm³/mol. The first-order valence-electron chi connectivity index (χ1n) is 5.85. The molecule has 1 nitrogen and oxygen atoms in total. The number of hydrogen-bond acceptors (Lipinski definition) is 2. The molecule has 1 heterocycles. The normalized spacial score (nSPS) is 19.6. The molecule has 0 bridgehead atoms. The lowest BCUT2D eigenvalue weighted by Crippen LogP contribution is -2.25. The predicted octanol–water partition coefficient (Wildman–Crippen LogP) is 3.53. The van der Waals surface area contributed by atoms with Crippen molar-refractivity contribution in [2.45, 2.75) is 18.8 Å². The molecule has 1 atom stereocenters. The maximum Gasteiger partial charge on any atom is 0.0441 e. The van der Waals surface area contributed by atoms with Gasteiger partial charge >= 0.3 is 0 Å². The lowest BCUT2D eigenvalue weighted by atomic mass is 9.82. The second kappa shape index (κ2) is 5.95. The molecule has 16 heavy (non-hydrogen) atoms. The SMILES string of the molecule is NCC(c1ccccc1Cl)C1CCSCC1. The minimum absolute atomic E-state index is 0.439. The van der Waals surface area contributed by atoms with E-state index in [1.54, 1.807) is 0 Å². The van der Waals surface area contributed by atoms with E-state index in [9.17, 15) is 0 Å². The summed E-state index contributed by atoms with van der Waals surface area (Å²) in [5, 5.41) is 0.871. The van der Waals surface area contributed by atoms with Gasteiger partial charge < -0.3 is 5.73 Å². The lowest BCUT2D eigenvalue weighted by Gasteiger charge is -2.30. The van der Waals surface area contributed by atoms with E-state index in [0.717, 1.165) is 5.02 Å². The van der Waals surface area contributed by atoms with Gasteiger partial charge in [0.15, 0.2) is 0 Å². The Hall–Kier alpha value is -0.180. The van der Waals surface area contributed by atoms with Crippen LogP contribution in [-0.4, -0.2) is 18.1 Å². The van der Waals surface area contributed by atoms with Crippen molar-refractivity contribution in [2.24, 2.45) is 11.7 Å². The Kier molecular flexibility index (Phi) is 4.56. The highest BCUT2D eigenvalue weighted by atomic mass is 35.5. The molecule has 0 spiro atoms. The Bertz CT molecular complexity index is 336. The largest absolute Gasteiger partial charge is 0.330 e. The molecule has 2 rings (SSSR count). The molecule has 2 N–H and O–H groups in total. The summed E-state index contributed by atoms with van der Waals surface area (Å²) in [7, 11) is 0. The van der Waals surface area contributed by atoms with Gasteiger partial charge in [-0.05, 0) is 48.4 Å². The van der Waals surface area contributed by atoms with Crippen LogP contribution < -0.4 is 5.73 Å². The van der Waals surface area contributed by atoms with Crippen molar-refractivity contribution >= 4 is 23.4 Å². The molecule has 1 fully saturated rings. The standard InChI is InChI=1S/C13H18ClNS/c14-13-4-2-1-3-11(13)12(9-15)10-5-7-16-8-6-10/h1-4,10,12H,5-9,15H2. The maximum absolute atomic E-state index is 6.26. The summed E-state index contributed by atoms with van der Waals surface area (Å²) in [6, 6.07) is 8.14. The highest BCUT2D eigenvalue weighted by molar-refractivity contribution is 7.99. The van der Waals surface area contributed by atoms with Gasteiger partial charge in [-0.1, -0.05) is 29.8 Å². The summed E-state index contributed by atoms with van der Waals surface area (Å²) in [6.07, 6.45) is 2.55. The van der Waals surface area contributed by atoms with Crippen molar-refractivity contribution in [3.63, 3.8) is 0 Å². The van der Waals surface area contributed by atoms with Crippen molar-refractivity contribution in [3.8, 4) is 0 Å². The van der Waals surface area contributed by atoms with Crippen LogP contribution in [0, 0.1) is 5.92 Å². The number of hydrogen-bond donors (Lipinski definition) is 1. The van der Waals surface area contributed by atoms with E-state index in [1.165, 1.54) is 29.9 Å². The lowest BCUT2D eigenvalue weighted by molar-refractivity contribution is 0.401. The zero-order chi connectivity index (χ0) is 11.4. The smallest absolute Gasteiger partial charge is 0.0441 e. The highest BCUT2D eigenvalue weighted by Crippen LogP contribution is 2.36. The van der Waals surface area contributed by atoms with Crippen molar-refractivity contribution in [2.75, 3.05) is 18.1 Å². The monoisotopic (exact) mass is 255 g/mol. The van der Waals surface area contributed by atoms with Crippen LogP contribution >= 0.6 is 23.4 Å². The van der Waals surface area contributed by atoms with Crippen LogP contribution in [0.25, 0.3) is 0 Å². The molecule has 0 radical (unpaired) electrons. The van der Waals surface area contributed by atoms with E-state index in [4.69, 9.17) is 17.3 Å². The minimum Gasteiger partial charge on any atom is -0.330 e. The van der Waals surface area contributed by atoms with E-state index in [1.807, 2.05) is 12.1 Å². The van der Waals surface area contributed by atoms with E-state index in [0.29, 0.717) is 18.4 Å². The number of thioether (sulfide) groups is 1. The first-order valence-corrected chi connectivity index (χ1v) is 7.38. The topological polar surface area (TPSA) is 26.0 Å². The molecule has 1 saturated heterocycles. The zero-order valence-corrected chi connectivity index (χ0v) is 10.9. The van der Waals surface area contributed by atoms with Gasteiger partial charge in [-0.3, -0.25) is 0 Å². The maximum atomic E-state index is 6.26. The fraction of sp³-hybridized carbons (Fsp3) is 0.538. The molecule has 1 aromatic rings. The van der Waals surface area contributed by atoms with Crippen molar-refractivity contribution < 1.29 is 0 Å². The van der Waals surface area contributed by atoms with Gasteiger partial charge in [0.05, 0.1) is 0 Å². The molecule has 1 unspecified atom stereocenters. The summed E-state index contributed by atoms with van der Waals surface area (Å²) in [4.78, 5) is 0. The van der Waals surface area contributed by atoms with E-state index in [-0.39, 0.29) is 0 Å². The van der Waals surface area contributed by atoms with Crippen LogP contribution in [0.2, 0.25) is 5.02 Å². The van der Waals surface area contributed by atoms with Crippen LogP contribution in [0.1, 0.15) is 24.3 Å². The molecule has 0 aliphatic carbocycles. The summed E-state index contributed by atoms with van der Waals surface area (Å²) in [6.45, 7) is 0.707. The third kappa shape index (κ3) is 2.73. The average Bonchev–Trinajstić information content (AvgIpc) is 2.34. The van der Waals surface area contributed by atoms with Gasteiger partial charge in [-0.15, -0.1) is 0 Å². The van der Waals surface area contributed by atoms with Gasteiger partial charge in [0.1, 0.15) is 0 Å². The summed E-state index contributed by atoms with van der Waals surface area (Å²) < 4.78 is 0. The Labute approximate surface area is 107 Å². The molecule has 88 valence electrons. The van der Waals surface area contributed by atoms with E-state index in [2.05, 4.69) is 23.9 Å². The van der Waals surface area contributed by atoms with Crippen molar-refractivity contribution in [1.29, 1.82) is 0 Å². The van der Waals surface area contributed by atoms with Gasteiger partial charge in [-0.2, -0.15) is 11.8 Å². The Balaban J connectivity index is 2.18. The fourth-order valence-electron chi connectivity index (χ4n) is 2.47. The first kappa shape index (κ1) is 12.3. The minimum atomic E-state index is 0.439. The van der Waals surface area contributed by atoms with Gasteiger partial charge in [0, 0.05) is 10.9 Å². The number of nitrogens with two attached hydrogens (primary N) is 1. The molecule has 1 aliphatic rings. The van der Waals surface area contributed by atoms with Crippen LogP contribution in [0.4, 0.5) is 0 Å². The van der Waals surface area contributed by atoms with Crippen LogP contribution in [0.5, 0.6) is 0 Å². The first-order chi connectivity index (χ1) is 7.83. The summed E-state index contributed by atoms with van der Waals surface area (Å²) in [5.74, 6) is 3.69.